The summed E-state index contributed by atoms with van der Waals surface area (Å²) in [5.74, 6) is 1.91. The summed E-state index contributed by atoms with van der Waals surface area (Å²) in [6.45, 7) is 0.0443. The van der Waals surface area contributed by atoms with E-state index in [-0.39, 0.29) is 12.1 Å². The number of aldehydes is 1. The van der Waals surface area contributed by atoms with E-state index in [0.29, 0.717) is 17.2 Å². The molecule has 2 rings (SSSR count). The maximum atomic E-state index is 13.1. The largest absolute Gasteiger partial charge is 0.298 e. The number of pyridine rings is 1. The molecule has 0 saturated heterocycles. The summed E-state index contributed by atoms with van der Waals surface area (Å²) in [4.78, 5) is 22.6. The highest BCUT2D eigenvalue weighted by Crippen LogP contribution is 2.14. The van der Waals surface area contributed by atoms with Gasteiger partial charge in [-0.25, -0.2) is 4.39 Å². The number of hydrogen-bond acceptors (Lipinski definition) is 2. The number of hydrogen-bond donors (Lipinski definition) is 0. The SMILES string of the molecule is C#CCn1c(=O)c(C=O)cc2cc(F)ccc21. The fraction of sp³-hybridized carbons (Fsp3) is 0.0769. The number of aromatic nitrogens is 1. The smallest absolute Gasteiger partial charge is 0.262 e. The molecule has 0 fully saturated rings. The summed E-state index contributed by atoms with van der Waals surface area (Å²) < 4.78 is 14.4. The van der Waals surface area contributed by atoms with Crippen molar-refractivity contribution in [2.75, 3.05) is 0 Å². The number of carbonyl (C=O) groups is 1. The third-order valence-electron chi connectivity index (χ3n) is 2.46. The van der Waals surface area contributed by atoms with Crippen LogP contribution in [0.1, 0.15) is 10.4 Å². The Hall–Kier alpha value is -2.41. The number of fused-ring (bicyclic) bond motifs is 1. The maximum Gasteiger partial charge on any atom is 0.262 e. The molecule has 0 spiro atoms. The zero-order valence-corrected chi connectivity index (χ0v) is 8.81. The fourth-order valence-corrected chi connectivity index (χ4v) is 1.71. The quantitative estimate of drug-likeness (QED) is 0.579. The zero-order chi connectivity index (χ0) is 12.4. The summed E-state index contributed by atoms with van der Waals surface area (Å²) >= 11 is 0. The molecule has 0 radical (unpaired) electrons. The van der Waals surface area contributed by atoms with E-state index in [2.05, 4.69) is 5.92 Å². The van der Waals surface area contributed by atoms with Crippen molar-refractivity contribution in [3.63, 3.8) is 0 Å². The summed E-state index contributed by atoms with van der Waals surface area (Å²) in [6.07, 6.45) is 5.61. The fourth-order valence-electron chi connectivity index (χ4n) is 1.71. The van der Waals surface area contributed by atoms with E-state index >= 15 is 0 Å². The molecule has 0 saturated carbocycles. The maximum absolute atomic E-state index is 13.1. The molecule has 0 aliphatic heterocycles. The van der Waals surface area contributed by atoms with E-state index in [4.69, 9.17) is 6.42 Å². The molecule has 84 valence electrons. The van der Waals surface area contributed by atoms with Gasteiger partial charge < -0.3 is 0 Å². The molecule has 1 aromatic heterocycles. The molecule has 3 nitrogen and oxygen atoms in total. The Labute approximate surface area is 96.5 Å². The molecule has 2 aromatic rings. The van der Waals surface area contributed by atoms with E-state index in [9.17, 15) is 14.0 Å². The van der Waals surface area contributed by atoms with Gasteiger partial charge in [0.15, 0.2) is 6.29 Å². The Kier molecular flexibility index (Phi) is 2.75. The average molecular weight is 229 g/mol. The molecule has 1 aromatic carbocycles. The number of halogens is 1. The van der Waals surface area contributed by atoms with Gasteiger partial charge in [-0.2, -0.15) is 0 Å². The van der Waals surface area contributed by atoms with Crippen molar-refractivity contribution in [3.05, 3.63) is 46.0 Å². The lowest BCUT2D eigenvalue weighted by atomic mass is 10.1. The lowest BCUT2D eigenvalue weighted by molar-refractivity contribution is 0.112. The first-order valence-corrected chi connectivity index (χ1v) is 4.89. The normalized spacial score (nSPS) is 10.1. The van der Waals surface area contributed by atoms with E-state index in [1.54, 1.807) is 0 Å². The number of nitrogens with zero attached hydrogens (tertiary/aromatic N) is 1. The lowest BCUT2D eigenvalue weighted by Gasteiger charge is -2.08. The Morgan fingerprint density at radius 1 is 1.41 bits per heavy atom. The number of carbonyl (C=O) groups excluding carboxylic acids is 1. The highest BCUT2D eigenvalue weighted by molar-refractivity contribution is 5.86. The second-order valence-corrected chi connectivity index (χ2v) is 3.52. The summed E-state index contributed by atoms with van der Waals surface area (Å²) in [5.41, 5.74) is 0.0235. The highest BCUT2D eigenvalue weighted by Gasteiger charge is 2.08. The van der Waals surface area contributed by atoms with Crippen LogP contribution in [0.4, 0.5) is 4.39 Å². The van der Waals surface area contributed by atoms with Gasteiger partial charge in [0, 0.05) is 5.39 Å². The van der Waals surface area contributed by atoms with E-state index in [1.807, 2.05) is 0 Å². The predicted octanol–water partition coefficient (Wildman–Crippen LogP) is 1.59. The Balaban J connectivity index is 2.92. The number of rotatable bonds is 2. The summed E-state index contributed by atoms with van der Waals surface area (Å²) in [6, 6.07) is 5.34. The molecule has 0 unspecified atom stereocenters. The molecular weight excluding hydrogens is 221 g/mol. The van der Waals surface area contributed by atoms with Crippen LogP contribution in [0.3, 0.4) is 0 Å². The van der Waals surface area contributed by atoms with Crippen molar-refractivity contribution < 1.29 is 9.18 Å². The molecule has 0 atom stereocenters. The molecule has 1 heterocycles. The predicted molar refractivity (Wildman–Crippen MR) is 62.4 cm³/mol. The summed E-state index contributed by atoms with van der Waals surface area (Å²) in [7, 11) is 0. The van der Waals surface area contributed by atoms with Crippen molar-refractivity contribution in [2.45, 2.75) is 6.54 Å². The molecule has 4 heteroatoms. The van der Waals surface area contributed by atoms with E-state index < -0.39 is 11.4 Å². The van der Waals surface area contributed by atoms with Crippen molar-refractivity contribution in [3.8, 4) is 12.3 Å². The third kappa shape index (κ3) is 1.83. The standard InChI is InChI=1S/C13H8FNO2/c1-2-5-15-12-4-3-11(14)7-9(12)6-10(8-16)13(15)17/h1,3-4,6-8H,5H2. The van der Waals surface area contributed by atoms with Crippen LogP contribution < -0.4 is 5.56 Å². The molecule has 17 heavy (non-hydrogen) atoms. The average Bonchev–Trinajstić information content (AvgIpc) is 2.32. The molecular formula is C13H8FNO2. The van der Waals surface area contributed by atoms with Crippen molar-refractivity contribution >= 4 is 17.2 Å². The van der Waals surface area contributed by atoms with Gasteiger partial charge in [0.05, 0.1) is 17.6 Å². The van der Waals surface area contributed by atoms with Gasteiger partial charge in [-0.15, -0.1) is 6.42 Å². The first-order valence-electron chi connectivity index (χ1n) is 4.89. The molecule has 0 amide bonds. The van der Waals surface area contributed by atoms with Gasteiger partial charge >= 0.3 is 0 Å². The lowest BCUT2D eigenvalue weighted by Crippen LogP contribution is -2.23. The van der Waals surface area contributed by atoms with Gasteiger partial charge in [-0.05, 0) is 24.3 Å². The Bertz CT molecular complexity index is 695. The van der Waals surface area contributed by atoms with Gasteiger partial charge in [-0.1, -0.05) is 5.92 Å². The number of terminal acetylenes is 1. The van der Waals surface area contributed by atoms with Crippen LogP contribution in [0, 0.1) is 18.2 Å². The minimum atomic E-state index is -0.461. The minimum Gasteiger partial charge on any atom is -0.298 e. The molecule has 0 aliphatic rings. The Morgan fingerprint density at radius 3 is 2.82 bits per heavy atom. The van der Waals surface area contributed by atoms with Crippen molar-refractivity contribution in [1.29, 1.82) is 0 Å². The van der Waals surface area contributed by atoms with E-state index in [0.717, 1.165) is 0 Å². The van der Waals surface area contributed by atoms with Crippen molar-refractivity contribution in [1.82, 2.24) is 4.57 Å². The third-order valence-corrected chi connectivity index (χ3v) is 2.46. The van der Waals surface area contributed by atoms with Gasteiger partial charge in [0.1, 0.15) is 5.82 Å². The molecule has 0 bridgehead atoms. The summed E-state index contributed by atoms with van der Waals surface area (Å²) in [5, 5.41) is 0.474. The first kappa shape index (κ1) is 11.1. The van der Waals surface area contributed by atoms with Crippen LogP contribution in [0.25, 0.3) is 10.9 Å². The second-order valence-electron chi connectivity index (χ2n) is 3.52. The monoisotopic (exact) mass is 229 g/mol. The van der Waals surface area contributed by atoms with Crippen molar-refractivity contribution in [2.24, 2.45) is 0 Å². The topological polar surface area (TPSA) is 39.1 Å². The van der Waals surface area contributed by atoms with Crippen LogP contribution in [0.15, 0.2) is 29.1 Å². The van der Waals surface area contributed by atoms with Gasteiger partial charge in [0.2, 0.25) is 0 Å². The number of benzene rings is 1. The second kappa shape index (κ2) is 4.22. The zero-order valence-electron chi connectivity index (χ0n) is 8.81. The van der Waals surface area contributed by atoms with E-state index in [1.165, 1.54) is 28.8 Å². The van der Waals surface area contributed by atoms with Gasteiger partial charge in [0.25, 0.3) is 5.56 Å². The van der Waals surface area contributed by atoms with Gasteiger partial charge in [-0.3, -0.25) is 14.2 Å². The Morgan fingerprint density at radius 2 is 2.18 bits per heavy atom. The van der Waals surface area contributed by atoms with Crippen LogP contribution >= 0.6 is 0 Å². The van der Waals surface area contributed by atoms with Crippen LogP contribution in [-0.2, 0) is 6.54 Å². The van der Waals surface area contributed by atoms with Crippen LogP contribution in [0.2, 0.25) is 0 Å². The minimum absolute atomic E-state index is 0.0293. The van der Waals surface area contributed by atoms with Crippen LogP contribution in [-0.4, -0.2) is 10.9 Å². The highest BCUT2D eigenvalue weighted by atomic mass is 19.1. The molecule has 0 N–H and O–H groups in total. The first-order chi connectivity index (χ1) is 8.17. The van der Waals surface area contributed by atoms with Crippen LogP contribution in [0.5, 0.6) is 0 Å². The molecule has 0 aliphatic carbocycles.